The average molecular weight is 520 g/mol. The van der Waals surface area contributed by atoms with Gasteiger partial charge >= 0.3 is 0 Å². The second-order valence-electron chi connectivity index (χ2n) is 8.95. The molecule has 0 N–H and O–H groups in total. The molecule has 0 bridgehead atoms. The van der Waals surface area contributed by atoms with Gasteiger partial charge in [-0.2, -0.15) is 9.78 Å². The highest BCUT2D eigenvalue weighted by Crippen LogP contribution is 2.29. The average Bonchev–Trinajstić information content (AvgIpc) is 3.36. The fourth-order valence-electron chi connectivity index (χ4n) is 4.14. The van der Waals surface area contributed by atoms with Gasteiger partial charge in [-0.15, -0.1) is 0 Å². The topological polar surface area (TPSA) is 69.6 Å². The van der Waals surface area contributed by atoms with Crippen LogP contribution in [0, 0.1) is 6.92 Å². The van der Waals surface area contributed by atoms with Gasteiger partial charge in [-0.1, -0.05) is 53.6 Å². The van der Waals surface area contributed by atoms with Crippen molar-refractivity contribution in [3.8, 4) is 17.3 Å². The zero-order valence-corrected chi connectivity index (χ0v) is 21.2. The van der Waals surface area contributed by atoms with Crippen LogP contribution < -0.4 is 10.3 Å². The zero-order chi connectivity index (χ0) is 26.1. The molecule has 0 atom stereocenters. The van der Waals surface area contributed by atoms with Crippen LogP contribution in [0.1, 0.15) is 16.7 Å². The largest absolute Gasteiger partial charge is 0.489 e. The highest BCUT2D eigenvalue weighted by molar-refractivity contribution is 6.31. The molecule has 0 unspecified atom stereocenters. The Morgan fingerprint density at radius 2 is 1.76 bits per heavy atom. The van der Waals surface area contributed by atoms with Gasteiger partial charge < -0.3 is 9.15 Å². The monoisotopic (exact) mass is 519 g/mol. The van der Waals surface area contributed by atoms with Gasteiger partial charge in [0.15, 0.2) is 5.76 Å². The van der Waals surface area contributed by atoms with Crippen molar-refractivity contribution >= 4 is 39.7 Å². The van der Waals surface area contributed by atoms with Crippen LogP contribution in [0.4, 0.5) is 0 Å². The van der Waals surface area contributed by atoms with Crippen molar-refractivity contribution in [1.82, 2.24) is 9.66 Å². The molecule has 0 saturated heterocycles. The summed E-state index contributed by atoms with van der Waals surface area (Å²) in [6.45, 7) is 2.54. The number of aromatic nitrogens is 2. The first-order valence-electron chi connectivity index (χ1n) is 12.1. The second kappa shape index (κ2) is 10.00. The van der Waals surface area contributed by atoms with E-state index in [0.29, 0.717) is 39.7 Å². The van der Waals surface area contributed by atoms with Crippen molar-refractivity contribution in [2.75, 3.05) is 0 Å². The van der Waals surface area contributed by atoms with E-state index in [1.165, 1.54) is 10.2 Å². The minimum absolute atomic E-state index is 0.293. The van der Waals surface area contributed by atoms with Crippen LogP contribution in [0.5, 0.6) is 5.75 Å². The number of benzene rings is 4. The van der Waals surface area contributed by atoms with Crippen LogP contribution in [0.2, 0.25) is 5.02 Å². The number of furan rings is 1. The normalized spacial score (nSPS) is 11.5. The highest BCUT2D eigenvalue weighted by atomic mass is 35.5. The van der Waals surface area contributed by atoms with E-state index < -0.39 is 0 Å². The predicted molar refractivity (Wildman–Crippen MR) is 151 cm³/mol. The maximum absolute atomic E-state index is 13.4. The summed E-state index contributed by atoms with van der Waals surface area (Å²) in [6.07, 6.45) is 1.62. The molecule has 0 radical (unpaired) electrons. The summed E-state index contributed by atoms with van der Waals surface area (Å²) in [7, 11) is 0. The van der Waals surface area contributed by atoms with Crippen LogP contribution in [0.25, 0.3) is 33.5 Å². The van der Waals surface area contributed by atoms with Gasteiger partial charge in [0.05, 0.1) is 17.1 Å². The number of para-hydroxylation sites is 1. The van der Waals surface area contributed by atoms with Gasteiger partial charge in [-0.3, -0.25) is 4.79 Å². The lowest BCUT2D eigenvalue weighted by Gasteiger charge is -2.08. The minimum Gasteiger partial charge on any atom is -0.489 e. The Kier molecular flexibility index (Phi) is 6.23. The van der Waals surface area contributed by atoms with Crippen molar-refractivity contribution in [3.63, 3.8) is 0 Å². The van der Waals surface area contributed by atoms with E-state index >= 15 is 0 Å². The van der Waals surface area contributed by atoms with Gasteiger partial charge in [0.2, 0.25) is 5.82 Å². The Balaban J connectivity index is 1.32. The van der Waals surface area contributed by atoms with Crippen molar-refractivity contribution < 1.29 is 9.15 Å². The molecule has 0 fully saturated rings. The summed E-state index contributed by atoms with van der Waals surface area (Å²) < 4.78 is 13.2. The Labute approximate surface area is 223 Å². The van der Waals surface area contributed by atoms with E-state index in [9.17, 15) is 4.79 Å². The van der Waals surface area contributed by atoms with Crippen molar-refractivity contribution in [3.05, 3.63) is 129 Å². The molecule has 7 heteroatoms. The van der Waals surface area contributed by atoms with E-state index in [0.717, 1.165) is 22.3 Å². The minimum atomic E-state index is -0.293. The van der Waals surface area contributed by atoms with Crippen molar-refractivity contribution in [2.45, 2.75) is 13.5 Å². The first kappa shape index (κ1) is 23.7. The first-order chi connectivity index (χ1) is 18.5. The molecule has 38 heavy (non-hydrogen) atoms. The number of fused-ring (bicyclic) bond motifs is 2. The van der Waals surface area contributed by atoms with Gasteiger partial charge in [0, 0.05) is 10.4 Å². The molecular weight excluding hydrogens is 498 g/mol. The smallest absolute Gasteiger partial charge is 0.282 e. The maximum Gasteiger partial charge on any atom is 0.282 e. The van der Waals surface area contributed by atoms with E-state index in [1.54, 1.807) is 42.6 Å². The fraction of sp³-hybridized carbons (Fsp3) is 0.0645. The quantitative estimate of drug-likeness (QED) is 0.218. The summed E-state index contributed by atoms with van der Waals surface area (Å²) >= 11 is 6.15. The third-order valence-corrected chi connectivity index (χ3v) is 6.42. The number of nitrogens with zero attached hydrogens (tertiary/aromatic N) is 3. The first-order valence-corrected chi connectivity index (χ1v) is 12.5. The lowest BCUT2D eigenvalue weighted by Crippen LogP contribution is -2.20. The molecule has 2 aromatic heterocycles. The third-order valence-electron chi connectivity index (χ3n) is 6.18. The number of ether oxygens (including phenoxy) is 1. The third kappa shape index (κ3) is 4.82. The summed E-state index contributed by atoms with van der Waals surface area (Å²) in [6, 6.07) is 30.1. The van der Waals surface area contributed by atoms with Crippen LogP contribution in [-0.4, -0.2) is 15.9 Å². The van der Waals surface area contributed by atoms with E-state index in [-0.39, 0.29) is 5.56 Å². The Morgan fingerprint density at radius 1 is 0.974 bits per heavy atom. The summed E-state index contributed by atoms with van der Waals surface area (Å²) in [5.41, 5.74) is 4.03. The van der Waals surface area contributed by atoms with Crippen LogP contribution >= 0.6 is 11.6 Å². The van der Waals surface area contributed by atoms with Gasteiger partial charge in [-0.25, -0.2) is 4.98 Å². The lowest BCUT2D eigenvalue weighted by molar-refractivity contribution is 0.306. The van der Waals surface area contributed by atoms with Crippen molar-refractivity contribution in [2.24, 2.45) is 5.10 Å². The summed E-state index contributed by atoms with van der Waals surface area (Å²) in [5, 5.41) is 6.38. The molecule has 6 rings (SSSR count). The van der Waals surface area contributed by atoms with Gasteiger partial charge in [-0.05, 0) is 78.7 Å². The predicted octanol–water partition coefficient (Wildman–Crippen LogP) is 7.23. The standard InChI is InChI=1S/C31H22ClN3O3/c1-20-6-8-22(9-7-20)19-37-25-13-10-21(11-14-25)18-33-35-30(34-27-5-3-2-4-26(27)31(35)36)29-17-23-16-24(32)12-15-28(23)38-29/h2-18H,19H2,1H3. The lowest BCUT2D eigenvalue weighted by atomic mass is 10.2. The molecule has 0 aliphatic heterocycles. The number of halogens is 1. The Morgan fingerprint density at radius 3 is 2.58 bits per heavy atom. The number of rotatable bonds is 6. The Hall–Kier alpha value is -4.68. The molecule has 0 spiro atoms. The second-order valence-corrected chi connectivity index (χ2v) is 9.39. The molecule has 0 aliphatic rings. The number of hydrogen-bond donors (Lipinski definition) is 0. The SMILES string of the molecule is Cc1ccc(COc2ccc(C=Nn3c(-c4cc5cc(Cl)ccc5o4)nc4ccccc4c3=O)cc2)cc1. The molecule has 0 aliphatic carbocycles. The van der Waals surface area contributed by atoms with Crippen LogP contribution in [0.15, 0.2) is 111 Å². The molecule has 0 amide bonds. The molecule has 186 valence electrons. The van der Waals surface area contributed by atoms with Crippen LogP contribution in [-0.2, 0) is 6.61 Å². The summed E-state index contributed by atoms with van der Waals surface area (Å²) in [5.74, 6) is 1.46. The fourth-order valence-corrected chi connectivity index (χ4v) is 4.32. The molecular formula is C31H22ClN3O3. The van der Waals surface area contributed by atoms with Crippen molar-refractivity contribution in [1.29, 1.82) is 0 Å². The number of aryl methyl sites for hydroxylation is 1. The van der Waals surface area contributed by atoms with Crippen LogP contribution in [0.3, 0.4) is 0 Å². The van der Waals surface area contributed by atoms with E-state index in [1.807, 2.05) is 36.4 Å². The zero-order valence-electron chi connectivity index (χ0n) is 20.5. The van der Waals surface area contributed by atoms with Gasteiger partial charge in [0.25, 0.3) is 5.56 Å². The van der Waals surface area contributed by atoms with Gasteiger partial charge in [0.1, 0.15) is 17.9 Å². The molecule has 6 aromatic rings. The molecule has 0 saturated carbocycles. The van der Waals surface area contributed by atoms with E-state index in [4.69, 9.17) is 25.7 Å². The van der Waals surface area contributed by atoms with E-state index in [2.05, 4.69) is 36.3 Å². The number of hydrogen-bond acceptors (Lipinski definition) is 5. The molecule has 2 heterocycles. The molecule has 6 nitrogen and oxygen atoms in total. The summed E-state index contributed by atoms with van der Waals surface area (Å²) in [4.78, 5) is 18.1. The highest BCUT2D eigenvalue weighted by Gasteiger charge is 2.16. The Bertz CT molecular complexity index is 1850. The maximum atomic E-state index is 13.4. The molecule has 4 aromatic carbocycles.